The number of hydrogen-bond acceptors (Lipinski definition) is 3. The molecule has 4 heteroatoms. The Kier molecular flexibility index (Phi) is 5.56. The van der Waals surface area contributed by atoms with Crippen molar-refractivity contribution in [3.05, 3.63) is 35.9 Å². The Morgan fingerprint density at radius 3 is 2.80 bits per heavy atom. The number of piperidine rings is 1. The SMILES string of the molecule is CCN(C(=O)CN)[C@@H]1CCCN(Cc2ccccc2)C1. The van der Waals surface area contributed by atoms with Gasteiger partial charge in [0.2, 0.25) is 5.91 Å². The van der Waals surface area contributed by atoms with Gasteiger partial charge in [-0.05, 0) is 31.9 Å². The maximum atomic E-state index is 11.9. The highest BCUT2D eigenvalue weighted by Gasteiger charge is 2.26. The fourth-order valence-corrected chi connectivity index (χ4v) is 3.03. The van der Waals surface area contributed by atoms with Gasteiger partial charge in [-0.2, -0.15) is 0 Å². The predicted octanol–water partition coefficient (Wildman–Crippen LogP) is 1.46. The van der Waals surface area contributed by atoms with E-state index in [2.05, 4.69) is 29.2 Å². The first-order chi connectivity index (χ1) is 9.74. The van der Waals surface area contributed by atoms with Crippen LogP contribution in [0.3, 0.4) is 0 Å². The van der Waals surface area contributed by atoms with E-state index in [-0.39, 0.29) is 12.5 Å². The molecule has 20 heavy (non-hydrogen) atoms. The Morgan fingerprint density at radius 1 is 1.40 bits per heavy atom. The predicted molar refractivity (Wildman–Crippen MR) is 81.2 cm³/mol. The lowest BCUT2D eigenvalue weighted by molar-refractivity contribution is -0.132. The van der Waals surface area contributed by atoms with Crippen LogP contribution in [-0.4, -0.2) is 47.9 Å². The van der Waals surface area contributed by atoms with Crippen molar-refractivity contribution in [2.24, 2.45) is 5.73 Å². The van der Waals surface area contributed by atoms with Gasteiger partial charge >= 0.3 is 0 Å². The molecule has 0 aromatic heterocycles. The number of likely N-dealkylation sites (N-methyl/N-ethyl adjacent to an activating group) is 1. The third-order valence-corrected chi connectivity index (χ3v) is 4.01. The quantitative estimate of drug-likeness (QED) is 0.885. The summed E-state index contributed by atoms with van der Waals surface area (Å²) in [5.74, 6) is 0.0686. The Hall–Kier alpha value is -1.39. The minimum atomic E-state index is 0.0686. The highest BCUT2D eigenvalue weighted by molar-refractivity contribution is 5.78. The van der Waals surface area contributed by atoms with Crippen LogP contribution in [0.15, 0.2) is 30.3 Å². The van der Waals surface area contributed by atoms with E-state index in [1.165, 1.54) is 5.56 Å². The second-order valence-corrected chi connectivity index (χ2v) is 5.40. The summed E-state index contributed by atoms with van der Waals surface area (Å²) in [7, 11) is 0. The van der Waals surface area contributed by atoms with E-state index in [1.54, 1.807) is 0 Å². The molecule has 1 heterocycles. The van der Waals surface area contributed by atoms with Crippen molar-refractivity contribution < 1.29 is 4.79 Å². The molecule has 0 unspecified atom stereocenters. The summed E-state index contributed by atoms with van der Waals surface area (Å²) < 4.78 is 0. The van der Waals surface area contributed by atoms with Crippen LogP contribution in [0.5, 0.6) is 0 Å². The van der Waals surface area contributed by atoms with Crippen molar-refractivity contribution in [2.75, 3.05) is 26.2 Å². The van der Waals surface area contributed by atoms with Crippen LogP contribution in [0.4, 0.5) is 0 Å². The molecule has 2 rings (SSSR count). The van der Waals surface area contributed by atoms with Gasteiger partial charge in [-0.15, -0.1) is 0 Å². The van der Waals surface area contributed by atoms with Gasteiger partial charge in [-0.1, -0.05) is 30.3 Å². The van der Waals surface area contributed by atoms with Gasteiger partial charge in [-0.25, -0.2) is 0 Å². The molecule has 1 aromatic carbocycles. The van der Waals surface area contributed by atoms with Gasteiger partial charge < -0.3 is 10.6 Å². The van der Waals surface area contributed by atoms with Crippen LogP contribution in [0, 0.1) is 0 Å². The van der Waals surface area contributed by atoms with E-state index in [9.17, 15) is 4.79 Å². The third-order valence-electron chi connectivity index (χ3n) is 4.01. The molecular weight excluding hydrogens is 250 g/mol. The molecule has 0 radical (unpaired) electrons. The number of nitrogens with two attached hydrogens (primary N) is 1. The molecule has 1 saturated heterocycles. The second kappa shape index (κ2) is 7.41. The Labute approximate surface area is 121 Å². The van der Waals surface area contributed by atoms with Crippen LogP contribution < -0.4 is 5.73 Å². The number of nitrogens with zero attached hydrogens (tertiary/aromatic N) is 2. The maximum Gasteiger partial charge on any atom is 0.236 e. The molecule has 1 atom stereocenters. The van der Waals surface area contributed by atoms with Crippen molar-refractivity contribution in [1.82, 2.24) is 9.80 Å². The molecule has 0 spiro atoms. The average Bonchev–Trinajstić information content (AvgIpc) is 2.49. The Balaban J connectivity index is 1.96. The van der Waals surface area contributed by atoms with Crippen molar-refractivity contribution in [3.63, 3.8) is 0 Å². The second-order valence-electron chi connectivity index (χ2n) is 5.40. The number of rotatable bonds is 5. The molecule has 0 saturated carbocycles. The summed E-state index contributed by atoms with van der Waals surface area (Å²) in [4.78, 5) is 16.3. The van der Waals surface area contributed by atoms with E-state index < -0.39 is 0 Å². The number of carbonyl (C=O) groups is 1. The topological polar surface area (TPSA) is 49.6 Å². The minimum Gasteiger partial charge on any atom is -0.338 e. The number of benzene rings is 1. The lowest BCUT2D eigenvalue weighted by atomic mass is 10.0. The largest absolute Gasteiger partial charge is 0.338 e. The van der Waals surface area contributed by atoms with Crippen LogP contribution >= 0.6 is 0 Å². The molecule has 4 nitrogen and oxygen atoms in total. The molecular formula is C16H25N3O. The van der Waals surface area contributed by atoms with E-state index in [1.807, 2.05) is 17.9 Å². The molecule has 1 fully saturated rings. The summed E-state index contributed by atoms with van der Waals surface area (Å²) in [6.45, 7) is 5.92. The third kappa shape index (κ3) is 3.81. The van der Waals surface area contributed by atoms with Gasteiger partial charge in [0.05, 0.1) is 6.54 Å². The van der Waals surface area contributed by atoms with E-state index in [0.29, 0.717) is 6.04 Å². The number of hydrogen-bond donors (Lipinski definition) is 1. The molecule has 1 aliphatic heterocycles. The normalized spacial score (nSPS) is 19.8. The van der Waals surface area contributed by atoms with Crippen LogP contribution in [0.1, 0.15) is 25.3 Å². The zero-order valence-corrected chi connectivity index (χ0v) is 12.3. The summed E-state index contributed by atoms with van der Waals surface area (Å²) in [6.07, 6.45) is 2.23. The van der Waals surface area contributed by atoms with Crippen LogP contribution in [0.25, 0.3) is 0 Å². The van der Waals surface area contributed by atoms with Gasteiger partial charge in [0.1, 0.15) is 0 Å². The van der Waals surface area contributed by atoms with Gasteiger partial charge in [-0.3, -0.25) is 9.69 Å². The molecule has 2 N–H and O–H groups in total. The highest BCUT2D eigenvalue weighted by Crippen LogP contribution is 2.18. The molecule has 110 valence electrons. The summed E-state index contributed by atoms with van der Waals surface area (Å²) in [5, 5.41) is 0. The Morgan fingerprint density at radius 2 is 2.15 bits per heavy atom. The lowest BCUT2D eigenvalue weighted by Crippen LogP contribution is -2.51. The summed E-state index contributed by atoms with van der Waals surface area (Å²) in [6, 6.07) is 10.8. The van der Waals surface area contributed by atoms with E-state index >= 15 is 0 Å². The first-order valence-corrected chi connectivity index (χ1v) is 7.50. The fourth-order valence-electron chi connectivity index (χ4n) is 3.03. The standard InChI is InChI=1S/C16H25N3O/c1-2-19(16(20)11-17)15-9-6-10-18(13-15)12-14-7-4-3-5-8-14/h3-5,7-8,15H,2,6,9-13,17H2,1H3/t15-/m1/s1. The first-order valence-electron chi connectivity index (χ1n) is 7.50. The zero-order chi connectivity index (χ0) is 14.4. The summed E-state index contributed by atoms with van der Waals surface area (Å²) in [5.41, 5.74) is 6.84. The van der Waals surface area contributed by atoms with Crippen molar-refractivity contribution >= 4 is 5.91 Å². The smallest absolute Gasteiger partial charge is 0.236 e. The van der Waals surface area contributed by atoms with E-state index in [4.69, 9.17) is 5.73 Å². The van der Waals surface area contributed by atoms with Crippen LogP contribution in [0.2, 0.25) is 0 Å². The van der Waals surface area contributed by atoms with E-state index in [0.717, 1.165) is 39.0 Å². The average molecular weight is 275 g/mol. The van der Waals surface area contributed by atoms with Gasteiger partial charge in [0, 0.05) is 25.7 Å². The minimum absolute atomic E-state index is 0.0686. The van der Waals surface area contributed by atoms with Crippen molar-refractivity contribution in [2.45, 2.75) is 32.4 Å². The number of amides is 1. The fraction of sp³-hybridized carbons (Fsp3) is 0.562. The lowest BCUT2D eigenvalue weighted by Gasteiger charge is -2.39. The molecule has 1 aliphatic rings. The molecule has 0 bridgehead atoms. The van der Waals surface area contributed by atoms with Crippen molar-refractivity contribution in [1.29, 1.82) is 0 Å². The monoisotopic (exact) mass is 275 g/mol. The van der Waals surface area contributed by atoms with Crippen LogP contribution in [-0.2, 0) is 11.3 Å². The number of carbonyl (C=O) groups excluding carboxylic acids is 1. The number of likely N-dealkylation sites (tertiary alicyclic amines) is 1. The molecule has 0 aliphatic carbocycles. The van der Waals surface area contributed by atoms with Crippen molar-refractivity contribution in [3.8, 4) is 0 Å². The van der Waals surface area contributed by atoms with Gasteiger partial charge in [0.15, 0.2) is 0 Å². The zero-order valence-electron chi connectivity index (χ0n) is 12.3. The summed E-state index contributed by atoms with van der Waals surface area (Å²) >= 11 is 0. The first kappa shape index (κ1) is 15.0. The Bertz CT molecular complexity index is 421. The van der Waals surface area contributed by atoms with Gasteiger partial charge in [0.25, 0.3) is 0 Å². The molecule has 1 aromatic rings. The highest BCUT2D eigenvalue weighted by atomic mass is 16.2. The maximum absolute atomic E-state index is 11.9. The molecule has 1 amide bonds.